The van der Waals surface area contributed by atoms with Crippen LogP contribution in [0.4, 0.5) is 5.69 Å². The summed E-state index contributed by atoms with van der Waals surface area (Å²) in [5, 5.41) is 6.46. The Labute approximate surface area is 188 Å². The quantitative estimate of drug-likeness (QED) is 0.534. The molecule has 0 spiro atoms. The van der Waals surface area contributed by atoms with Crippen LogP contribution in [0.5, 0.6) is 0 Å². The molecule has 0 unspecified atom stereocenters. The molecule has 0 bridgehead atoms. The zero-order valence-electron chi connectivity index (χ0n) is 17.7. The summed E-state index contributed by atoms with van der Waals surface area (Å²) in [6, 6.07) is 17.6. The average molecular weight is 457 g/mol. The predicted molar refractivity (Wildman–Crippen MR) is 124 cm³/mol. The largest absolute Gasteiger partial charge is 0.376 e. The summed E-state index contributed by atoms with van der Waals surface area (Å²) in [4.78, 5) is 12.8. The van der Waals surface area contributed by atoms with Crippen molar-refractivity contribution in [2.24, 2.45) is 0 Å². The van der Waals surface area contributed by atoms with Crippen molar-refractivity contribution in [3.63, 3.8) is 0 Å². The Morgan fingerprint density at radius 3 is 2.29 bits per heavy atom. The summed E-state index contributed by atoms with van der Waals surface area (Å²) in [5.41, 5.74) is 3.66. The number of rotatable bonds is 7. The summed E-state index contributed by atoms with van der Waals surface area (Å²) in [7, 11) is -3.68. The normalized spacial score (nSPS) is 11.2. The van der Waals surface area contributed by atoms with Gasteiger partial charge in [-0.25, -0.2) is 8.42 Å². The molecule has 1 amide bonds. The number of amides is 1. The highest BCUT2D eigenvalue weighted by Crippen LogP contribution is 2.31. The van der Waals surface area contributed by atoms with Crippen molar-refractivity contribution in [2.75, 3.05) is 11.9 Å². The average Bonchev–Trinajstić information content (AvgIpc) is 2.73. The van der Waals surface area contributed by atoms with E-state index in [-0.39, 0.29) is 22.2 Å². The van der Waals surface area contributed by atoms with Gasteiger partial charge < -0.3 is 10.6 Å². The van der Waals surface area contributed by atoms with Crippen molar-refractivity contribution in [1.82, 2.24) is 5.32 Å². The van der Waals surface area contributed by atoms with E-state index < -0.39 is 9.84 Å². The molecule has 0 saturated carbocycles. The van der Waals surface area contributed by atoms with E-state index >= 15 is 0 Å². The first-order valence-corrected chi connectivity index (χ1v) is 11.7. The maximum atomic E-state index is 13.2. The lowest BCUT2D eigenvalue weighted by Crippen LogP contribution is -2.29. The number of sulfone groups is 1. The molecular weight excluding hydrogens is 432 g/mol. The molecule has 0 aliphatic carbocycles. The van der Waals surface area contributed by atoms with Crippen LogP contribution in [0, 0.1) is 20.8 Å². The highest BCUT2D eigenvalue weighted by Gasteiger charge is 2.23. The summed E-state index contributed by atoms with van der Waals surface area (Å²) in [6.07, 6.45) is 0. The zero-order chi connectivity index (χ0) is 22.6. The van der Waals surface area contributed by atoms with Crippen molar-refractivity contribution in [3.8, 4) is 0 Å². The third-order valence-corrected chi connectivity index (χ3v) is 7.50. The van der Waals surface area contributed by atoms with Crippen molar-refractivity contribution in [2.45, 2.75) is 37.1 Å². The van der Waals surface area contributed by atoms with Crippen LogP contribution in [0.2, 0.25) is 5.02 Å². The lowest BCUT2D eigenvalue weighted by molar-refractivity contribution is -0.119. The molecule has 0 heterocycles. The van der Waals surface area contributed by atoms with E-state index in [0.29, 0.717) is 28.4 Å². The molecule has 0 fully saturated rings. The van der Waals surface area contributed by atoms with E-state index in [1.807, 2.05) is 25.1 Å². The highest BCUT2D eigenvalue weighted by atomic mass is 35.5. The van der Waals surface area contributed by atoms with Gasteiger partial charge in [0.05, 0.1) is 16.3 Å². The zero-order valence-corrected chi connectivity index (χ0v) is 19.3. The molecule has 0 aromatic heterocycles. The monoisotopic (exact) mass is 456 g/mol. The van der Waals surface area contributed by atoms with Crippen molar-refractivity contribution in [1.29, 1.82) is 0 Å². The molecule has 3 aromatic rings. The molecular formula is C24H25ClN2O3S. The Morgan fingerprint density at radius 1 is 0.935 bits per heavy atom. The fourth-order valence-corrected chi connectivity index (χ4v) is 5.28. The van der Waals surface area contributed by atoms with Crippen LogP contribution >= 0.6 is 11.6 Å². The standard InChI is InChI=1S/C24H25ClN2O3S/c1-16-8-11-20(12-9-16)31(29,30)24-17(2)10-13-22(18(24)3)26-15-23(28)27-14-19-6-4-5-7-21(19)25/h4-13,26H,14-15H2,1-3H3,(H,27,28). The van der Waals surface area contributed by atoms with Gasteiger partial charge >= 0.3 is 0 Å². The van der Waals surface area contributed by atoms with E-state index in [0.717, 1.165) is 11.1 Å². The predicted octanol–water partition coefficient (Wildman–Crippen LogP) is 4.83. The Morgan fingerprint density at radius 2 is 1.61 bits per heavy atom. The van der Waals surface area contributed by atoms with Crippen LogP contribution in [0.3, 0.4) is 0 Å². The molecule has 2 N–H and O–H groups in total. The number of anilines is 1. The van der Waals surface area contributed by atoms with Crippen LogP contribution < -0.4 is 10.6 Å². The van der Waals surface area contributed by atoms with Gasteiger partial charge in [0.15, 0.2) is 0 Å². The second kappa shape index (κ2) is 9.54. The van der Waals surface area contributed by atoms with Gasteiger partial charge in [0.2, 0.25) is 15.7 Å². The molecule has 0 aliphatic rings. The van der Waals surface area contributed by atoms with Crippen LogP contribution in [-0.2, 0) is 21.2 Å². The second-order valence-corrected chi connectivity index (χ2v) is 9.72. The van der Waals surface area contributed by atoms with Crippen molar-refractivity contribution < 1.29 is 13.2 Å². The number of carbonyl (C=O) groups excluding carboxylic acids is 1. The van der Waals surface area contributed by atoms with E-state index in [1.165, 1.54) is 0 Å². The maximum absolute atomic E-state index is 13.2. The number of aryl methyl sites for hydroxylation is 2. The van der Waals surface area contributed by atoms with Gasteiger partial charge in [0.1, 0.15) is 0 Å². The third kappa shape index (κ3) is 5.27. The molecule has 3 rings (SSSR count). The molecule has 3 aromatic carbocycles. The smallest absolute Gasteiger partial charge is 0.239 e. The lowest BCUT2D eigenvalue weighted by atomic mass is 10.1. The Kier molecular flexibility index (Phi) is 7.03. The minimum Gasteiger partial charge on any atom is -0.376 e. The summed E-state index contributed by atoms with van der Waals surface area (Å²) in [5.74, 6) is -0.220. The van der Waals surface area contributed by atoms with Gasteiger partial charge in [-0.3, -0.25) is 4.79 Å². The lowest BCUT2D eigenvalue weighted by Gasteiger charge is -2.16. The Balaban J connectivity index is 1.75. The second-order valence-electron chi connectivity index (χ2n) is 7.42. The minimum atomic E-state index is -3.68. The van der Waals surface area contributed by atoms with Crippen LogP contribution in [0.25, 0.3) is 0 Å². The fourth-order valence-electron chi connectivity index (χ4n) is 3.34. The van der Waals surface area contributed by atoms with Crippen LogP contribution in [0.1, 0.15) is 22.3 Å². The summed E-state index contributed by atoms with van der Waals surface area (Å²) in [6.45, 7) is 5.76. The number of nitrogens with one attached hydrogen (secondary N) is 2. The van der Waals surface area contributed by atoms with Crippen molar-refractivity contribution in [3.05, 3.63) is 87.9 Å². The maximum Gasteiger partial charge on any atom is 0.239 e. The first-order valence-electron chi connectivity index (χ1n) is 9.86. The Hall–Kier alpha value is -2.83. The molecule has 7 heteroatoms. The summed E-state index contributed by atoms with van der Waals surface area (Å²) < 4.78 is 26.5. The minimum absolute atomic E-state index is 0.0123. The SMILES string of the molecule is Cc1ccc(S(=O)(=O)c2c(C)ccc(NCC(=O)NCc3ccccc3Cl)c2C)cc1. The van der Waals surface area contributed by atoms with Crippen LogP contribution in [0.15, 0.2) is 70.5 Å². The van der Waals surface area contributed by atoms with Gasteiger partial charge in [0.25, 0.3) is 0 Å². The van der Waals surface area contributed by atoms with E-state index in [4.69, 9.17) is 11.6 Å². The number of benzene rings is 3. The van der Waals surface area contributed by atoms with E-state index in [1.54, 1.807) is 56.3 Å². The first kappa shape index (κ1) is 22.8. The van der Waals surface area contributed by atoms with Gasteiger partial charge in [-0.05, 0) is 61.7 Å². The van der Waals surface area contributed by atoms with Gasteiger partial charge in [0, 0.05) is 17.3 Å². The molecule has 0 aliphatic heterocycles. The molecule has 0 atom stereocenters. The van der Waals surface area contributed by atoms with Crippen LogP contribution in [-0.4, -0.2) is 20.9 Å². The van der Waals surface area contributed by atoms with Gasteiger partial charge in [-0.1, -0.05) is 53.6 Å². The molecule has 162 valence electrons. The topological polar surface area (TPSA) is 75.3 Å². The number of carbonyl (C=O) groups is 1. The van der Waals surface area contributed by atoms with Gasteiger partial charge in [-0.2, -0.15) is 0 Å². The molecule has 0 saturated heterocycles. The summed E-state index contributed by atoms with van der Waals surface area (Å²) >= 11 is 6.11. The Bertz CT molecular complexity index is 1210. The number of hydrogen-bond donors (Lipinski definition) is 2. The van der Waals surface area contributed by atoms with E-state index in [9.17, 15) is 13.2 Å². The van der Waals surface area contributed by atoms with E-state index in [2.05, 4.69) is 10.6 Å². The van der Waals surface area contributed by atoms with Gasteiger partial charge in [-0.15, -0.1) is 0 Å². The molecule has 5 nitrogen and oxygen atoms in total. The molecule has 0 radical (unpaired) electrons. The third-order valence-electron chi connectivity index (χ3n) is 5.08. The molecule has 31 heavy (non-hydrogen) atoms. The van der Waals surface area contributed by atoms with Crippen molar-refractivity contribution >= 4 is 33.0 Å². The first-order chi connectivity index (χ1) is 14.7. The number of hydrogen-bond acceptors (Lipinski definition) is 4. The fraction of sp³-hybridized carbons (Fsp3) is 0.208. The number of halogens is 1. The highest BCUT2D eigenvalue weighted by molar-refractivity contribution is 7.91.